The normalized spacial score (nSPS) is 14.6. The zero-order valence-electron chi connectivity index (χ0n) is 11.1. The molecule has 1 aliphatic rings. The zero-order valence-corrected chi connectivity index (χ0v) is 11.1. The van der Waals surface area contributed by atoms with Crippen LogP contribution in [0.3, 0.4) is 0 Å². The summed E-state index contributed by atoms with van der Waals surface area (Å²) in [4.78, 5) is 17.9. The molecular weight excluding hydrogens is 255 g/mol. The number of aryl methyl sites for hydroxylation is 1. The van der Waals surface area contributed by atoms with Crippen molar-refractivity contribution in [1.82, 2.24) is 4.98 Å². The van der Waals surface area contributed by atoms with Crippen molar-refractivity contribution in [1.29, 1.82) is 0 Å². The van der Waals surface area contributed by atoms with Crippen LogP contribution in [-0.4, -0.2) is 17.4 Å². The molecule has 2 heterocycles. The lowest BCUT2D eigenvalue weighted by Crippen LogP contribution is -2.31. The first kappa shape index (κ1) is 12.8. The smallest absolute Gasteiger partial charge is 0.259 e. The van der Waals surface area contributed by atoms with E-state index in [1.807, 2.05) is 18.2 Å². The lowest BCUT2D eigenvalue weighted by atomic mass is 10.1. The maximum atomic E-state index is 12.9. The first-order valence-corrected chi connectivity index (χ1v) is 6.77. The maximum Gasteiger partial charge on any atom is 0.259 e. The van der Waals surface area contributed by atoms with E-state index in [9.17, 15) is 9.18 Å². The van der Waals surface area contributed by atoms with Crippen LogP contribution in [0.4, 0.5) is 10.1 Å². The molecule has 20 heavy (non-hydrogen) atoms. The summed E-state index contributed by atoms with van der Waals surface area (Å²) < 4.78 is 12.9. The number of carbonyl (C=O) groups is 1. The highest BCUT2D eigenvalue weighted by Gasteiger charge is 2.22. The van der Waals surface area contributed by atoms with Crippen LogP contribution in [0.1, 0.15) is 28.8 Å². The third kappa shape index (κ3) is 2.41. The average Bonchev–Trinajstić information content (AvgIpc) is 2.69. The van der Waals surface area contributed by atoms with Gasteiger partial charge in [-0.05, 0) is 43.0 Å². The molecule has 0 bridgehead atoms. The van der Waals surface area contributed by atoms with E-state index in [4.69, 9.17) is 0 Å². The van der Waals surface area contributed by atoms with Crippen molar-refractivity contribution in [3.05, 3.63) is 59.7 Å². The molecule has 0 fully saturated rings. The Morgan fingerprint density at radius 1 is 1.15 bits per heavy atom. The van der Waals surface area contributed by atoms with Gasteiger partial charge in [0, 0.05) is 18.4 Å². The van der Waals surface area contributed by atoms with Gasteiger partial charge >= 0.3 is 0 Å². The Kier molecular flexibility index (Phi) is 3.46. The van der Waals surface area contributed by atoms with E-state index in [0.717, 1.165) is 24.9 Å². The van der Waals surface area contributed by atoms with Crippen molar-refractivity contribution in [3.63, 3.8) is 0 Å². The fourth-order valence-corrected chi connectivity index (χ4v) is 2.56. The Labute approximate surface area is 117 Å². The van der Waals surface area contributed by atoms with Gasteiger partial charge in [0.05, 0.1) is 5.56 Å². The molecule has 0 unspecified atom stereocenters. The second-order valence-electron chi connectivity index (χ2n) is 4.91. The molecular formula is C16H15FN2O. The second-order valence-corrected chi connectivity index (χ2v) is 4.91. The van der Waals surface area contributed by atoms with E-state index >= 15 is 0 Å². The number of nitrogens with zero attached hydrogens (tertiary/aromatic N) is 2. The first-order valence-electron chi connectivity index (χ1n) is 6.77. The van der Waals surface area contributed by atoms with Crippen LogP contribution in [-0.2, 0) is 6.42 Å². The van der Waals surface area contributed by atoms with Crippen LogP contribution < -0.4 is 4.90 Å². The van der Waals surface area contributed by atoms with Gasteiger partial charge < -0.3 is 4.90 Å². The number of rotatable bonds is 1. The average molecular weight is 270 g/mol. The van der Waals surface area contributed by atoms with Crippen molar-refractivity contribution in [3.8, 4) is 0 Å². The van der Waals surface area contributed by atoms with Crippen molar-refractivity contribution in [2.45, 2.75) is 19.3 Å². The van der Waals surface area contributed by atoms with Gasteiger partial charge in [-0.15, -0.1) is 0 Å². The largest absolute Gasteiger partial charge is 0.308 e. The summed E-state index contributed by atoms with van der Waals surface area (Å²) in [5, 5.41) is 0. The van der Waals surface area contributed by atoms with E-state index in [2.05, 4.69) is 11.1 Å². The summed E-state index contributed by atoms with van der Waals surface area (Å²) in [5.41, 5.74) is 2.57. The summed E-state index contributed by atoms with van der Waals surface area (Å²) in [6.07, 6.45) is 4.32. The number of hydrogen-bond donors (Lipinski definition) is 0. The summed E-state index contributed by atoms with van der Waals surface area (Å²) >= 11 is 0. The minimum absolute atomic E-state index is 0.119. The predicted molar refractivity (Wildman–Crippen MR) is 75.3 cm³/mol. The number of halogens is 1. The maximum absolute atomic E-state index is 12.9. The van der Waals surface area contributed by atoms with Gasteiger partial charge in [-0.3, -0.25) is 4.79 Å². The van der Waals surface area contributed by atoms with E-state index < -0.39 is 5.95 Å². The van der Waals surface area contributed by atoms with Crippen LogP contribution >= 0.6 is 0 Å². The molecule has 0 saturated heterocycles. The van der Waals surface area contributed by atoms with E-state index in [0.29, 0.717) is 12.1 Å². The van der Waals surface area contributed by atoms with E-state index in [1.165, 1.54) is 23.9 Å². The number of benzene rings is 1. The highest BCUT2D eigenvalue weighted by molar-refractivity contribution is 6.06. The summed E-state index contributed by atoms with van der Waals surface area (Å²) in [6.45, 7) is 0.688. The molecule has 1 aromatic heterocycles. The Balaban J connectivity index is 1.97. The van der Waals surface area contributed by atoms with Crippen molar-refractivity contribution < 1.29 is 9.18 Å². The fourth-order valence-electron chi connectivity index (χ4n) is 2.56. The van der Waals surface area contributed by atoms with Gasteiger partial charge in [0.15, 0.2) is 0 Å². The number of hydrogen-bond acceptors (Lipinski definition) is 2. The van der Waals surface area contributed by atoms with E-state index in [1.54, 1.807) is 4.90 Å². The third-order valence-corrected chi connectivity index (χ3v) is 3.58. The number of carbonyl (C=O) groups excluding carboxylic acids is 1. The fraction of sp³-hybridized carbons (Fsp3) is 0.250. The number of anilines is 1. The highest BCUT2D eigenvalue weighted by Crippen LogP contribution is 2.27. The Morgan fingerprint density at radius 2 is 2.00 bits per heavy atom. The molecule has 1 amide bonds. The van der Waals surface area contributed by atoms with Crippen LogP contribution in [0.15, 0.2) is 42.6 Å². The quantitative estimate of drug-likeness (QED) is 0.745. The Morgan fingerprint density at radius 3 is 2.80 bits per heavy atom. The lowest BCUT2D eigenvalue weighted by Gasteiger charge is -2.22. The van der Waals surface area contributed by atoms with Crippen molar-refractivity contribution >= 4 is 11.6 Å². The molecule has 3 rings (SSSR count). The molecule has 0 atom stereocenters. The highest BCUT2D eigenvalue weighted by atomic mass is 19.1. The Bertz CT molecular complexity index is 625. The monoisotopic (exact) mass is 270 g/mol. The van der Waals surface area contributed by atoms with Crippen LogP contribution in [0.5, 0.6) is 0 Å². The number of para-hydroxylation sites is 1. The number of pyridine rings is 1. The van der Waals surface area contributed by atoms with E-state index in [-0.39, 0.29) is 5.91 Å². The first-order chi connectivity index (χ1) is 9.75. The lowest BCUT2D eigenvalue weighted by molar-refractivity contribution is 0.0986. The van der Waals surface area contributed by atoms with Gasteiger partial charge in [0.2, 0.25) is 5.95 Å². The molecule has 4 heteroatoms. The van der Waals surface area contributed by atoms with Crippen molar-refractivity contribution in [2.24, 2.45) is 0 Å². The molecule has 1 aliphatic heterocycles. The molecule has 3 nitrogen and oxygen atoms in total. The topological polar surface area (TPSA) is 33.2 Å². The van der Waals surface area contributed by atoms with Gasteiger partial charge in [-0.2, -0.15) is 4.39 Å². The van der Waals surface area contributed by atoms with Gasteiger partial charge in [-0.25, -0.2) is 4.98 Å². The molecule has 0 spiro atoms. The number of aromatic nitrogens is 1. The van der Waals surface area contributed by atoms with Crippen LogP contribution in [0, 0.1) is 5.95 Å². The SMILES string of the molecule is O=C(c1ccc(F)nc1)N1CCCCc2ccccc21. The molecule has 0 radical (unpaired) electrons. The zero-order chi connectivity index (χ0) is 13.9. The minimum Gasteiger partial charge on any atom is -0.308 e. The minimum atomic E-state index is -0.571. The molecule has 0 N–H and O–H groups in total. The second kappa shape index (κ2) is 5.41. The Hall–Kier alpha value is -2.23. The van der Waals surface area contributed by atoms with Crippen molar-refractivity contribution in [2.75, 3.05) is 11.4 Å². The standard InChI is InChI=1S/C16H15FN2O/c17-15-9-8-13(11-18-15)16(20)19-10-4-3-6-12-5-1-2-7-14(12)19/h1-2,5,7-9,11H,3-4,6,10H2. The summed E-state index contributed by atoms with van der Waals surface area (Å²) in [7, 11) is 0. The summed E-state index contributed by atoms with van der Waals surface area (Å²) in [6, 6.07) is 10.7. The van der Waals surface area contributed by atoms with Gasteiger partial charge in [0.25, 0.3) is 5.91 Å². The van der Waals surface area contributed by atoms with Gasteiger partial charge in [-0.1, -0.05) is 18.2 Å². The molecule has 1 aromatic carbocycles. The summed E-state index contributed by atoms with van der Waals surface area (Å²) in [5.74, 6) is -0.690. The molecule has 0 saturated carbocycles. The number of fused-ring (bicyclic) bond motifs is 1. The molecule has 102 valence electrons. The van der Waals surface area contributed by atoms with Crippen LogP contribution in [0.2, 0.25) is 0 Å². The number of amides is 1. The van der Waals surface area contributed by atoms with Crippen LogP contribution in [0.25, 0.3) is 0 Å². The predicted octanol–water partition coefficient (Wildman–Crippen LogP) is 3.20. The van der Waals surface area contributed by atoms with Gasteiger partial charge in [0.1, 0.15) is 0 Å². The molecule has 2 aromatic rings. The third-order valence-electron chi connectivity index (χ3n) is 3.58. The molecule has 0 aliphatic carbocycles.